The maximum atomic E-state index is 5.97. The summed E-state index contributed by atoms with van der Waals surface area (Å²) in [6.07, 6.45) is 2.11. The van der Waals surface area contributed by atoms with Gasteiger partial charge in [0.2, 0.25) is 0 Å². The fourth-order valence-corrected chi connectivity index (χ4v) is 3.38. The van der Waals surface area contributed by atoms with Crippen molar-refractivity contribution in [2.45, 2.75) is 52.1 Å². The van der Waals surface area contributed by atoms with Crippen LogP contribution in [0.15, 0.2) is 29.3 Å². The van der Waals surface area contributed by atoms with Gasteiger partial charge in [-0.1, -0.05) is 32.0 Å². The predicted molar refractivity (Wildman–Crippen MR) is 123 cm³/mol. The van der Waals surface area contributed by atoms with Crippen molar-refractivity contribution in [2.75, 3.05) is 20.2 Å². The van der Waals surface area contributed by atoms with E-state index in [1.54, 1.807) is 7.05 Å². The Hall–Kier alpha value is -1.84. The average Bonchev–Trinajstić information content (AvgIpc) is 3.05. The number of rotatable bonds is 6. The number of aryl methyl sites for hydroxylation is 2. The van der Waals surface area contributed by atoms with Gasteiger partial charge in [0.05, 0.1) is 12.6 Å². The predicted octanol–water partition coefficient (Wildman–Crippen LogP) is 3.41. The molecule has 3 rings (SSSR count). The molecule has 0 amide bonds. The van der Waals surface area contributed by atoms with E-state index in [4.69, 9.17) is 4.74 Å². The van der Waals surface area contributed by atoms with E-state index in [-0.39, 0.29) is 30.0 Å². The Morgan fingerprint density at radius 2 is 2.14 bits per heavy atom. The lowest BCUT2D eigenvalue weighted by Gasteiger charge is -2.25. The third-order valence-corrected chi connectivity index (χ3v) is 4.71. The second kappa shape index (κ2) is 10.6. The molecule has 0 saturated carbocycles. The molecule has 154 valence electrons. The first-order valence-electron chi connectivity index (χ1n) is 9.68. The number of ether oxygens (including phenoxy) is 1. The maximum Gasteiger partial charge on any atom is 0.191 e. The Kier molecular flexibility index (Phi) is 8.53. The van der Waals surface area contributed by atoms with E-state index >= 15 is 0 Å². The molecule has 1 aromatic carbocycles. The topological polar surface area (TPSA) is 76.4 Å². The van der Waals surface area contributed by atoms with Gasteiger partial charge in [-0.15, -0.1) is 24.0 Å². The van der Waals surface area contributed by atoms with Crippen molar-refractivity contribution >= 4 is 29.9 Å². The number of para-hydroxylation sites is 1. The Balaban J connectivity index is 0.00000280. The normalized spacial score (nSPS) is 16.3. The number of halogens is 1. The Morgan fingerprint density at radius 3 is 2.89 bits per heavy atom. The van der Waals surface area contributed by atoms with Crippen LogP contribution in [-0.4, -0.2) is 40.9 Å². The average molecular weight is 498 g/mol. The molecule has 0 spiro atoms. The van der Waals surface area contributed by atoms with E-state index in [1.165, 1.54) is 5.56 Å². The first-order valence-corrected chi connectivity index (χ1v) is 9.68. The Labute approximate surface area is 184 Å². The molecule has 0 aliphatic carbocycles. The first kappa shape index (κ1) is 22.4. The van der Waals surface area contributed by atoms with Crippen molar-refractivity contribution in [3.63, 3.8) is 0 Å². The smallest absolute Gasteiger partial charge is 0.191 e. The van der Waals surface area contributed by atoms with Gasteiger partial charge in [-0.2, -0.15) is 5.10 Å². The standard InChI is InChI=1S/C20H30N6O.HI/c1-14(2)16-8-5-6-10-18(16)27-13-11-22-20(21-4)24-17-9-7-12-26-19(17)23-15(3)25-26;/h5-6,8,10,14,17H,7,9,11-13H2,1-4H3,(H2,21,22,24);1H. The first-order chi connectivity index (χ1) is 13.1. The minimum atomic E-state index is 0. The van der Waals surface area contributed by atoms with Gasteiger partial charge in [0, 0.05) is 13.6 Å². The highest BCUT2D eigenvalue weighted by Crippen LogP contribution is 2.25. The molecule has 28 heavy (non-hydrogen) atoms. The summed E-state index contributed by atoms with van der Waals surface area (Å²) in [6, 6.07) is 8.34. The zero-order valence-corrected chi connectivity index (χ0v) is 19.4. The van der Waals surface area contributed by atoms with E-state index in [9.17, 15) is 0 Å². The van der Waals surface area contributed by atoms with Crippen LogP contribution in [0, 0.1) is 6.92 Å². The highest BCUT2D eigenvalue weighted by atomic mass is 127. The van der Waals surface area contributed by atoms with E-state index in [2.05, 4.69) is 51.7 Å². The number of fused-ring (bicyclic) bond motifs is 1. The molecule has 0 bridgehead atoms. The van der Waals surface area contributed by atoms with E-state index in [0.29, 0.717) is 19.1 Å². The van der Waals surface area contributed by atoms with E-state index < -0.39 is 0 Å². The fraction of sp³-hybridized carbons (Fsp3) is 0.550. The molecule has 0 radical (unpaired) electrons. The molecule has 8 heteroatoms. The number of aromatic nitrogens is 3. The van der Waals surface area contributed by atoms with Gasteiger partial charge in [0.1, 0.15) is 24.0 Å². The van der Waals surface area contributed by atoms with Crippen LogP contribution in [0.3, 0.4) is 0 Å². The maximum absolute atomic E-state index is 5.97. The second-order valence-corrected chi connectivity index (χ2v) is 7.12. The van der Waals surface area contributed by atoms with Gasteiger partial charge in [0.15, 0.2) is 5.96 Å². The molecule has 1 aliphatic heterocycles. The van der Waals surface area contributed by atoms with Crippen LogP contribution in [0.5, 0.6) is 5.75 Å². The van der Waals surface area contributed by atoms with Crippen LogP contribution in [0.4, 0.5) is 0 Å². The summed E-state index contributed by atoms with van der Waals surface area (Å²) in [5.41, 5.74) is 1.23. The molecule has 1 aliphatic rings. The Bertz CT molecular complexity index is 789. The van der Waals surface area contributed by atoms with Crippen molar-refractivity contribution < 1.29 is 4.74 Å². The molecule has 7 nitrogen and oxygen atoms in total. The monoisotopic (exact) mass is 498 g/mol. The molecule has 0 fully saturated rings. The minimum absolute atomic E-state index is 0. The zero-order valence-electron chi connectivity index (χ0n) is 17.1. The number of guanidine groups is 1. The lowest BCUT2D eigenvalue weighted by Crippen LogP contribution is -2.42. The van der Waals surface area contributed by atoms with Gasteiger partial charge in [-0.3, -0.25) is 4.99 Å². The van der Waals surface area contributed by atoms with Crippen LogP contribution in [-0.2, 0) is 6.54 Å². The van der Waals surface area contributed by atoms with Crippen LogP contribution in [0.2, 0.25) is 0 Å². The minimum Gasteiger partial charge on any atom is -0.491 e. The SMILES string of the molecule is CN=C(NCCOc1ccccc1C(C)C)NC1CCCn2nc(C)nc21.I. The summed E-state index contributed by atoms with van der Waals surface area (Å²) in [5, 5.41) is 11.2. The molecular formula is C20H31IN6O. The number of hydrogen-bond acceptors (Lipinski definition) is 4. The Morgan fingerprint density at radius 1 is 1.36 bits per heavy atom. The van der Waals surface area contributed by atoms with Crippen molar-refractivity contribution in [3.8, 4) is 5.75 Å². The number of aliphatic imine (C=N–C) groups is 1. The zero-order chi connectivity index (χ0) is 19.2. The summed E-state index contributed by atoms with van der Waals surface area (Å²) >= 11 is 0. The highest BCUT2D eigenvalue weighted by molar-refractivity contribution is 14.0. The number of nitrogens with one attached hydrogen (secondary N) is 2. The number of nitrogens with zero attached hydrogens (tertiary/aromatic N) is 4. The van der Waals surface area contributed by atoms with Gasteiger partial charge in [0.25, 0.3) is 0 Å². The van der Waals surface area contributed by atoms with Gasteiger partial charge in [-0.05, 0) is 37.3 Å². The number of hydrogen-bond donors (Lipinski definition) is 2. The second-order valence-electron chi connectivity index (χ2n) is 7.12. The third kappa shape index (κ3) is 5.59. The van der Waals surface area contributed by atoms with Crippen LogP contribution < -0.4 is 15.4 Å². The van der Waals surface area contributed by atoms with Crippen molar-refractivity contribution in [1.82, 2.24) is 25.4 Å². The van der Waals surface area contributed by atoms with Crippen molar-refractivity contribution in [2.24, 2.45) is 4.99 Å². The lowest BCUT2D eigenvalue weighted by molar-refractivity contribution is 0.316. The largest absolute Gasteiger partial charge is 0.491 e. The molecule has 1 aromatic heterocycles. The third-order valence-electron chi connectivity index (χ3n) is 4.71. The van der Waals surface area contributed by atoms with Gasteiger partial charge >= 0.3 is 0 Å². The van der Waals surface area contributed by atoms with Gasteiger partial charge < -0.3 is 15.4 Å². The molecule has 2 N–H and O–H groups in total. The van der Waals surface area contributed by atoms with Crippen molar-refractivity contribution in [1.29, 1.82) is 0 Å². The van der Waals surface area contributed by atoms with Crippen LogP contribution in [0.1, 0.15) is 55.9 Å². The molecule has 0 saturated heterocycles. The van der Waals surface area contributed by atoms with E-state index in [1.807, 2.05) is 23.7 Å². The quantitative estimate of drug-likeness (QED) is 0.276. The van der Waals surface area contributed by atoms with Crippen molar-refractivity contribution in [3.05, 3.63) is 41.5 Å². The van der Waals surface area contributed by atoms with Crippen LogP contribution in [0.25, 0.3) is 0 Å². The number of benzene rings is 1. The molecule has 2 aromatic rings. The lowest BCUT2D eigenvalue weighted by atomic mass is 10.0. The van der Waals surface area contributed by atoms with E-state index in [0.717, 1.165) is 42.7 Å². The molecule has 2 heterocycles. The summed E-state index contributed by atoms with van der Waals surface area (Å²) in [6.45, 7) is 8.47. The molecule has 1 atom stereocenters. The van der Waals surface area contributed by atoms with Crippen LogP contribution >= 0.6 is 24.0 Å². The van der Waals surface area contributed by atoms with Gasteiger partial charge in [-0.25, -0.2) is 9.67 Å². The fourth-order valence-electron chi connectivity index (χ4n) is 3.38. The highest BCUT2D eigenvalue weighted by Gasteiger charge is 2.24. The summed E-state index contributed by atoms with van der Waals surface area (Å²) < 4.78 is 7.97. The molecular weight excluding hydrogens is 467 g/mol. The summed E-state index contributed by atoms with van der Waals surface area (Å²) in [7, 11) is 1.78. The summed E-state index contributed by atoms with van der Waals surface area (Å²) in [4.78, 5) is 8.90. The molecule has 1 unspecified atom stereocenters. The summed E-state index contributed by atoms with van der Waals surface area (Å²) in [5.74, 6) is 3.96.